The summed E-state index contributed by atoms with van der Waals surface area (Å²) in [5, 5.41) is 11.7. The fraction of sp³-hybridized carbons (Fsp3) is 0.500. The standard InChI is InChI=1S/C26H33FN7O4P/c1-16(2)34(17(3)4)39(36-13-9-12-28)38-22-18(5)37-26(20(22)27)33-15-31-21-23(29-14-30-24(21)33)32-25(35)19-10-7-6-8-11-19/h6-8,10-11,14-18,20,22,26H,9,13H2,1-5H3,(H,29,30,32,35)/t18-,20-,22-,26-,39?/m1/s1/i5D. The molecular weight excluding hydrogens is 524 g/mol. The number of carbonyl (C=O) groups is 1. The van der Waals surface area contributed by atoms with Crippen molar-refractivity contribution in [3.8, 4) is 6.07 Å². The summed E-state index contributed by atoms with van der Waals surface area (Å²) < 4.78 is 45.7. The molecule has 208 valence electrons. The van der Waals surface area contributed by atoms with Crippen LogP contribution in [0.4, 0.5) is 10.2 Å². The van der Waals surface area contributed by atoms with Gasteiger partial charge in [-0.2, -0.15) is 5.26 Å². The van der Waals surface area contributed by atoms with Crippen molar-refractivity contribution in [1.82, 2.24) is 24.2 Å². The SMILES string of the molecule is [2H]C[C@H]1O[C@@H](n2cnc3c(NC(=O)c4ccccc4)ncnc32)[C@H](F)[C@@H]1OP(OCCC#N)N(C(C)C)C(C)C. The number of nitriles is 1. The molecule has 1 aliphatic heterocycles. The lowest BCUT2D eigenvalue weighted by Crippen LogP contribution is -2.37. The van der Waals surface area contributed by atoms with E-state index in [4.69, 9.17) is 20.4 Å². The summed E-state index contributed by atoms with van der Waals surface area (Å²) in [5.41, 5.74) is 0.969. The van der Waals surface area contributed by atoms with Gasteiger partial charge < -0.3 is 19.1 Å². The Morgan fingerprint density at radius 1 is 1.28 bits per heavy atom. The summed E-state index contributed by atoms with van der Waals surface area (Å²) >= 11 is 0. The van der Waals surface area contributed by atoms with Crippen molar-refractivity contribution in [2.75, 3.05) is 11.9 Å². The summed E-state index contributed by atoms with van der Waals surface area (Å²) in [6.45, 7) is 7.84. The van der Waals surface area contributed by atoms with Crippen LogP contribution in [0.2, 0.25) is 0 Å². The van der Waals surface area contributed by atoms with E-state index in [2.05, 4.69) is 20.3 Å². The topological polar surface area (TPSA) is 127 Å². The number of benzene rings is 1. The van der Waals surface area contributed by atoms with Crippen LogP contribution < -0.4 is 5.32 Å². The first-order chi connectivity index (χ1) is 19.3. The number of anilines is 1. The van der Waals surface area contributed by atoms with Gasteiger partial charge in [-0.3, -0.25) is 9.36 Å². The third-order valence-electron chi connectivity index (χ3n) is 6.04. The molecule has 0 aliphatic carbocycles. The normalized spacial score (nSPS) is 22.4. The molecule has 4 rings (SSSR count). The van der Waals surface area contributed by atoms with Crippen molar-refractivity contribution >= 4 is 31.4 Å². The highest BCUT2D eigenvalue weighted by Crippen LogP contribution is 2.50. The van der Waals surface area contributed by atoms with Crippen molar-refractivity contribution in [3.63, 3.8) is 0 Å². The second-order valence-corrected chi connectivity index (χ2v) is 10.9. The lowest BCUT2D eigenvalue weighted by atomic mass is 10.2. The second-order valence-electron chi connectivity index (χ2n) is 9.49. The molecular formula is C26H33FN7O4P. The van der Waals surface area contributed by atoms with Crippen molar-refractivity contribution in [2.45, 2.75) is 77.7 Å². The Kier molecular flexibility index (Phi) is 9.06. The smallest absolute Gasteiger partial charge is 0.259 e. The molecule has 1 fully saturated rings. The highest BCUT2D eigenvalue weighted by atomic mass is 31.2. The maximum Gasteiger partial charge on any atom is 0.259 e. The quantitative estimate of drug-likeness (QED) is 0.256. The fourth-order valence-electron chi connectivity index (χ4n) is 4.34. The van der Waals surface area contributed by atoms with Gasteiger partial charge in [-0.15, -0.1) is 0 Å². The zero-order valence-electron chi connectivity index (χ0n) is 23.3. The van der Waals surface area contributed by atoms with Gasteiger partial charge in [0.15, 0.2) is 29.4 Å². The van der Waals surface area contributed by atoms with Crippen molar-refractivity contribution in [2.24, 2.45) is 0 Å². The zero-order valence-corrected chi connectivity index (χ0v) is 23.2. The molecule has 3 aromatic rings. The number of halogens is 1. The van der Waals surface area contributed by atoms with E-state index in [-0.39, 0.29) is 54.9 Å². The summed E-state index contributed by atoms with van der Waals surface area (Å²) in [6.07, 6.45) is -2.06. The molecule has 13 heteroatoms. The van der Waals surface area contributed by atoms with E-state index >= 15 is 4.39 Å². The van der Waals surface area contributed by atoms with Crippen molar-refractivity contribution in [1.29, 1.82) is 5.26 Å². The summed E-state index contributed by atoms with van der Waals surface area (Å²) in [6, 6.07) is 10.8. The minimum Gasteiger partial charge on any atom is -0.349 e. The van der Waals surface area contributed by atoms with Crippen LogP contribution in [0.3, 0.4) is 0 Å². The first kappa shape index (κ1) is 27.5. The van der Waals surface area contributed by atoms with E-state index in [0.29, 0.717) is 5.56 Å². The predicted molar refractivity (Wildman–Crippen MR) is 144 cm³/mol. The van der Waals surface area contributed by atoms with Crippen molar-refractivity contribution in [3.05, 3.63) is 48.5 Å². The van der Waals surface area contributed by atoms with E-state index in [1.807, 2.05) is 44.5 Å². The zero-order chi connectivity index (χ0) is 28.8. The molecule has 1 unspecified atom stereocenters. The van der Waals surface area contributed by atoms with Gasteiger partial charge in [-0.1, -0.05) is 18.2 Å². The summed E-state index contributed by atoms with van der Waals surface area (Å²) in [4.78, 5) is 25.4. The van der Waals surface area contributed by atoms with Gasteiger partial charge in [-0.05, 0) is 46.7 Å². The number of alkyl halides is 1. The number of ether oxygens (including phenoxy) is 1. The Labute approximate surface area is 229 Å². The number of hydrogen-bond acceptors (Lipinski definition) is 9. The van der Waals surface area contributed by atoms with Crippen LogP contribution in [0.5, 0.6) is 0 Å². The number of carbonyl (C=O) groups excluding carboxylic acids is 1. The average Bonchev–Trinajstić information content (AvgIpc) is 3.50. The lowest BCUT2D eigenvalue weighted by Gasteiger charge is -2.37. The molecule has 1 saturated heterocycles. The van der Waals surface area contributed by atoms with Crippen LogP contribution in [-0.2, 0) is 13.8 Å². The van der Waals surface area contributed by atoms with Gasteiger partial charge in [0.1, 0.15) is 12.4 Å². The highest BCUT2D eigenvalue weighted by molar-refractivity contribution is 7.44. The Morgan fingerprint density at radius 2 is 2.03 bits per heavy atom. The molecule has 39 heavy (non-hydrogen) atoms. The van der Waals surface area contributed by atoms with Gasteiger partial charge in [0.25, 0.3) is 14.4 Å². The van der Waals surface area contributed by atoms with Crippen molar-refractivity contribution < 1.29 is 24.3 Å². The Morgan fingerprint density at radius 3 is 2.69 bits per heavy atom. The number of nitrogens with zero attached hydrogens (tertiary/aromatic N) is 6. The van der Waals surface area contributed by atoms with E-state index in [1.54, 1.807) is 24.3 Å². The molecule has 1 aliphatic rings. The minimum absolute atomic E-state index is 0.0256. The van der Waals surface area contributed by atoms with Gasteiger partial charge in [0, 0.05) is 19.0 Å². The van der Waals surface area contributed by atoms with E-state index in [1.165, 1.54) is 17.2 Å². The van der Waals surface area contributed by atoms with Crippen LogP contribution in [0.15, 0.2) is 43.0 Å². The molecule has 3 heterocycles. The maximum absolute atomic E-state index is 16.1. The molecule has 0 radical (unpaired) electrons. The molecule has 2 aromatic heterocycles. The minimum atomic E-state index is -1.75. The largest absolute Gasteiger partial charge is 0.349 e. The number of aromatic nitrogens is 4. The Bertz CT molecular complexity index is 1320. The van der Waals surface area contributed by atoms with Crippen LogP contribution in [0.25, 0.3) is 11.2 Å². The Balaban J connectivity index is 1.59. The van der Waals surface area contributed by atoms with Crippen LogP contribution in [0, 0.1) is 11.3 Å². The second kappa shape index (κ2) is 12.9. The number of hydrogen-bond donors (Lipinski definition) is 1. The van der Waals surface area contributed by atoms with E-state index in [0.717, 1.165) is 0 Å². The average molecular weight is 559 g/mol. The molecule has 0 spiro atoms. The van der Waals surface area contributed by atoms with E-state index < -0.39 is 33.1 Å². The van der Waals surface area contributed by atoms with Gasteiger partial charge in [0.2, 0.25) is 0 Å². The molecule has 1 aromatic carbocycles. The first-order valence-electron chi connectivity index (χ1n) is 13.3. The summed E-state index contributed by atoms with van der Waals surface area (Å²) in [7, 11) is -1.75. The fourth-order valence-corrected chi connectivity index (χ4v) is 6.11. The highest BCUT2D eigenvalue weighted by Gasteiger charge is 2.48. The van der Waals surface area contributed by atoms with E-state index in [9.17, 15) is 4.79 Å². The molecule has 0 bridgehead atoms. The number of nitrogens with one attached hydrogen (secondary N) is 1. The number of amides is 1. The summed E-state index contributed by atoms with van der Waals surface area (Å²) in [5.74, 6) is -0.197. The molecule has 11 nitrogen and oxygen atoms in total. The lowest BCUT2D eigenvalue weighted by molar-refractivity contribution is -0.0132. The monoisotopic (exact) mass is 558 g/mol. The van der Waals surface area contributed by atoms with Crippen LogP contribution in [-0.4, -0.2) is 67.2 Å². The third kappa shape index (κ3) is 6.40. The van der Waals surface area contributed by atoms with Gasteiger partial charge in [-0.25, -0.2) is 24.0 Å². The van der Waals surface area contributed by atoms with Gasteiger partial charge >= 0.3 is 0 Å². The van der Waals surface area contributed by atoms with Gasteiger partial charge in [0.05, 0.1) is 31.5 Å². The molecule has 5 atom stereocenters. The molecule has 0 saturated carbocycles. The predicted octanol–water partition coefficient (Wildman–Crippen LogP) is 5.00. The molecule has 1 amide bonds. The van der Waals surface area contributed by atoms with Crippen LogP contribution in [0.1, 0.15) is 59.0 Å². The van der Waals surface area contributed by atoms with Crippen LogP contribution >= 0.6 is 8.53 Å². The third-order valence-corrected chi connectivity index (χ3v) is 8.17. The first-order valence-corrected chi connectivity index (χ1v) is 13.8. The molecule has 1 N–H and O–H groups in total. The number of fused-ring (bicyclic) bond motifs is 1. The number of imidazole rings is 1. The Hall–Kier alpha value is -3.07. The maximum atomic E-state index is 16.1. The number of rotatable bonds is 11.